The van der Waals surface area contributed by atoms with E-state index in [2.05, 4.69) is 29.7 Å². The number of hydrogen-bond donors (Lipinski definition) is 6. The minimum atomic E-state index is -4.41. The van der Waals surface area contributed by atoms with Gasteiger partial charge < -0.3 is 44.5 Å². The number of H-pyrrole nitrogens is 3. The molecule has 3 unspecified atom stereocenters. The van der Waals surface area contributed by atoms with Gasteiger partial charge >= 0.3 is 6.18 Å². The first kappa shape index (κ1) is 49.4. The molecule has 6 N–H and O–H groups in total. The molecule has 360 valence electrons. The quantitative estimate of drug-likeness (QED) is 0.0560. The van der Waals surface area contributed by atoms with Crippen molar-refractivity contribution in [3.63, 3.8) is 0 Å². The number of alkyl halides is 3. The van der Waals surface area contributed by atoms with Crippen LogP contribution in [0.4, 0.5) is 17.6 Å². The lowest BCUT2D eigenvalue weighted by molar-refractivity contribution is -0.136. The highest BCUT2D eigenvalue weighted by Crippen LogP contribution is 2.40. The lowest BCUT2D eigenvalue weighted by atomic mass is 10.0. The third-order valence-corrected chi connectivity index (χ3v) is 13.9. The highest BCUT2D eigenvalue weighted by atomic mass is 35.5. The van der Waals surface area contributed by atoms with E-state index in [0.717, 1.165) is 117 Å². The van der Waals surface area contributed by atoms with E-state index in [1.165, 1.54) is 31.2 Å². The lowest BCUT2D eigenvalue weighted by Gasteiger charge is -2.22. The van der Waals surface area contributed by atoms with Crippen LogP contribution in [0.2, 0.25) is 5.02 Å². The van der Waals surface area contributed by atoms with Crippen LogP contribution in [-0.4, -0.2) is 144 Å². The number of nitrogens with zero attached hydrogens (tertiary/aromatic N) is 3. The van der Waals surface area contributed by atoms with Crippen LogP contribution in [0.1, 0.15) is 60.8 Å². The van der Waals surface area contributed by atoms with Crippen molar-refractivity contribution in [2.45, 2.75) is 82.1 Å². The molecule has 0 amide bonds. The zero-order chi connectivity index (χ0) is 47.0. The van der Waals surface area contributed by atoms with E-state index in [4.69, 9.17) is 25.8 Å². The van der Waals surface area contributed by atoms with Gasteiger partial charge in [-0.1, -0.05) is 11.6 Å². The molecule has 3 fully saturated rings. The molecule has 9 rings (SSSR count). The molecule has 6 heterocycles. The third-order valence-electron chi connectivity index (χ3n) is 13.6. The number of aromatic nitrogens is 3. The molecular formula is C49H63ClF4N6O6. The van der Waals surface area contributed by atoms with Crippen molar-refractivity contribution in [2.75, 3.05) is 80.4 Å². The summed E-state index contributed by atoms with van der Waals surface area (Å²) in [7, 11) is 4.74. The van der Waals surface area contributed by atoms with Crippen molar-refractivity contribution >= 4 is 44.3 Å². The zero-order valence-corrected chi connectivity index (χ0v) is 38.7. The molecule has 0 saturated carbocycles. The molecule has 3 aliphatic rings. The first-order chi connectivity index (χ1) is 31.9. The van der Waals surface area contributed by atoms with Crippen molar-refractivity contribution in [1.29, 1.82) is 0 Å². The molecule has 3 atom stereocenters. The normalized spacial score (nSPS) is 19.4. The summed E-state index contributed by atoms with van der Waals surface area (Å²) in [5.41, 5.74) is 3.90. The van der Waals surface area contributed by atoms with Crippen LogP contribution < -0.4 is 14.2 Å². The van der Waals surface area contributed by atoms with E-state index in [9.17, 15) is 32.9 Å². The topological polar surface area (TPSA) is 145 Å². The summed E-state index contributed by atoms with van der Waals surface area (Å²) < 4.78 is 69.5. The van der Waals surface area contributed by atoms with Gasteiger partial charge in [0.15, 0.2) is 0 Å². The molecule has 12 nitrogen and oxygen atoms in total. The average molecular weight is 944 g/mol. The van der Waals surface area contributed by atoms with Gasteiger partial charge in [-0.05, 0) is 131 Å². The number of ether oxygens (including phenoxy) is 3. The summed E-state index contributed by atoms with van der Waals surface area (Å²) >= 11 is 6.24. The maximum atomic E-state index is 13.8. The monoisotopic (exact) mass is 942 g/mol. The van der Waals surface area contributed by atoms with E-state index in [1.54, 1.807) is 26.5 Å². The Hall–Kier alpha value is -4.55. The fourth-order valence-corrected chi connectivity index (χ4v) is 10.3. The first-order valence-electron chi connectivity index (χ1n) is 22.9. The SMILES string of the molecule is COc1ccc(C(F)(F)F)c2[nH]cc(CCN3CCCC3CO)c12.COc1ccc(Cl)c2[nH]cc(CCN3CCCC3CO)c12.COc1ccc(F)c2[nH]cc(CCN3CCCC3CO)c12. The molecule has 3 aromatic carbocycles. The molecule has 0 bridgehead atoms. The average Bonchev–Trinajstić information content (AvgIpc) is 4.19. The van der Waals surface area contributed by atoms with Gasteiger partial charge in [-0.15, -0.1) is 0 Å². The number of aliphatic hydroxyl groups is 3. The Balaban J connectivity index is 0.000000148. The smallest absolute Gasteiger partial charge is 0.418 e. The molecule has 66 heavy (non-hydrogen) atoms. The number of aromatic amines is 3. The van der Waals surface area contributed by atoms with Gasteiger partial charge in [-0.2, -0.15) is 13.2 Å². The second kappa shape index (κ2) is 22.5. The number of rotatable bonds is 15. The molecule has 3 aromatic heterocycles. The number of nitrogens with one attached hydrogen (secondary N) is 3. The van der Waals surface area contributed by atoms with Crippen LogP contribution in [-0.2, 0) is 25.4 Å². The van der Waals surface area contributed by atoms with Gasteiger partial charge in [0.05, 0.1) is 68.3 Å². The summed E-state index contributed by atoms with van der Waals surface area (Å²) in [6, 6.07) is 10.0. The molecule has 0 radical (unpaired) electrons. The summed E-state index contributed by atoms with van der Waals surface area (Å²) in [5.74, 6) is 1.73. The summed E-state index contributed by atoms with van der Waals surface area (Å²) in [6.07, 6.45) is 9.91. The Morgan fingerprint density at radius 2 is 0.955 bits per heavy atom. The first-order valence-corrected chi connectivity index (χ1v) is 23.3. The number of benzene rings is 3. The third kappa shape index (κ3) is 10.9. The predicted molar refractivity (Wildman–Crippen MR) is 251 cm³/mol. The Kier molecular flexibility index (Phi) is 16.8. The van der Waals surface area contributed by atoms with E-state index in [0.29, 0.717) is 46.4 Å². The Morgan fingerprint density at radius 3 is 1.38 bits per heavy atom. The van der Waals surface area contributed by atoms with E-state index < -0.39 is 11.7 Å². The molecule has 3 aliphatic heterocycles. The van der Waals surface area contributed by atoms with Crippen molar-refractivity contribution in [2.24, 2.45) is 0 Å². The number of methoxy groups -OCH3 is 3. The zero-order valence-electron chi connectivity index (χ0n) is 38.0. The van der Waals surface area contributed by atoms with E-state index in [-0.39, 0.29) is 43.2 Å². The lowest BCUT2D eigenvalue weighted by Crippen LogP contribution is -2.33. The van der Waals surface area contributed by atoms with Crippen LogP contribution in [0.25, 0.3) is 32.7 Å². The Morgan fingerprint density at radius 1 is 0.576 bits per heavy atom. The molecular weight excluding hydrogens is 880 g/mol. The van der Waals surface area contributed by atoms with Gasteiger partial charge in [0.1, 0.15) is 23.1 Å². The van der Waals surface area contributed by atoms with E-state index >= 15 is 0 Å². The van der Waals surface area contributed by atoms with Crippen molar-refractivity contribution in [3.05, 3.63) is 88.1 Å². The van der Waals surface area contributed by atoms with Gasteiger partial charge in [0.25, 0.3) is 0 Å². The largest absolute Gasteiger partial charge is 0.496 e. The Labute approximate surface area is 387 Å². The highest BCUT2D eigenvalue weighted by Gasteiger charge is 2.35. The molecule has 0 spiro atoms. The van der Waals surface area contributed by atoms with E-state index in [1.807, 2.05) is 24.5 Å². The van der Waals surface area contributed by atoms with Gasteiger partial charge in [-0.3, -0.25) is 14.7 Å². The number of aliphatic hydroxyl groups excluding tert-OH is 3. The molecule has 6 aromatic rings. The maximum absolute atomic E-state index is 13.8. The van der Waals surface area contributed by atoms with Crippen molar-refractivity contribution in [3.8, 4) is 17.2 Å². The summed E-state index contributed by atoms with van der Waals surface area (Å²) in [4.78, 5) is 15.9. The standard InChI is InChI=1S/C17H21F3N2O2.C16H21ClN2O2.C16H21FN2O2/c1-24-14-5-4-13(17(18,19)20)16-15(14)11(9-21-16)6-8-22-7-2-3-12(22)10-23;2*1-21-14-5-4-13(17)16-15(14)11(9-18-16)6-8-19-7-2-3-12(19)10-20/h4-5,9,12,21,23H,2-3,6-8,10H2,1H3;2*4-5,9,12,18,20H,2-3,6-8,10H2,1H3. The minimum Gasteiger partial charge on any atom is -0.496 e. The van der Waals surface area contributed by atoms with Gasteiger partial charge in [0.2, 0.25) is 0 Å². The molecule has 3 saturated heterocycles. The van der Waals surface area contributed by atoms with Gasteiger partial charge in [0, 0.05) is 72.5 Å². The molecule has 17 heteroatoms. The van der Waals surface area contributed by atoms with Crippen LogP contribution in [0.3, 0.4) is 0 Å². The van der Waals surface area contributed by atoms with Crippen LogP contribution >= 0.6 is 11.6 Å². The van der Waals surface area contributed by atoms with Crippen LogP contribution in [0, 0.1) is 5.82 Å². The fraction of sp³-hybridized carbons (Fsp3) is 0.510. The fourth-order valence-electron chi connectivity index (χ4n) is 10.1. The van der Waals surface area contributed by atoms with Crippen LogP contribution in [0.5, 0.6) is 17.2 Å². The second-order valence-corrected chi connectivity index (χ2v) is 17.7. The number of hydrogen-bond acceptors (Lipinski definition) is 9. The minimum absolute atomic E-state index is 0.0666. The highest BCUT2D eigenvalue weighted by molar-refractivity contribution is 6.35. The number of fused-ring (bicyclic) bond motifs is 3. The van der Waals surface area contributed by atoms with Crippen molar-refractivity contribution in [1.82, 2.24) is 29.7 Å². The second-order valence-electron chi connectivity index (χ2n) is 17.3. The maximum Gasteiger partial charge on any atom is 0.418 e. The number of halogens is 5. The summed E-state index contributed by atoms with van der Waals surface area (Å²) in [5, 5.41) is 31.3. The summed E-state index contributed by atoms with van der Waals surface area (Å²) in [6.45, 7) is 6.14. The van der Waals surface area contributed by atoms with Crippen molar-refractivity contribution < 1.29 is 47.1 Å². The molecule has 0 aliphatic carbocycles. The van der Waals surface area contributed by atoms with Gasteiger partial charge in [-0.25, -0.2) is 4.39 Å². The predicted octanol–water partition coefficient (Wildman–Crippen LogP) is 8.34. The number of likely N-dealkylation sites (tertiary alicyclic amines) is 3. The Bertz CT molecular complexity index is 2400. The van der Waals surface area contributed by atoms with Crippen LogP contribution in [0.15, 0.2) is 55.0 Å².